The maximum Gasteiger partial charge on any atom is 0.266 e. The zero-order valence-electron chi connectivity index (χ0n) is 19.2. The molecule has 4 rings (SSSR count). The van der Waals surface area contributed by atoms with Crippen molar-refractivity contribution in [2.24, 2.45) is 0 Å². The standard InChI is InChI=1S/C24H25ClN4O5S2/c25-21-8-12-22(13-9-21)35(31,32)27-26-24(30)20-6-10-23(11-7-20)36(33,34)29-16-14-28(15-17-29)18-19-4-2-1-3-5-19/h1-13,27H,14-18H2,(H,26,30). The molecule has 2 N–H and O–H groups in total. The highest BCUT2D eigenvalue weighted by Gasteiger charge is 2.28. The van der Waals surface area contributed by atoms with Crippen LogP contribution < -0.4 is 10.3 Å². The van der Waals surface area contributed by atoms with Gasteiger partial charge in [0.2, 0.25) is 10.0 Å². The molecule has 3 aromatic carbocycles. The number of amides is 1. The van der Waals surface area contributed by atoms with Gasteiger partial charge in [0.05, 0.1) is 9.79 Å². The van der Waals surface area contributed by atoms with Crippen LogP contribution >= 0.6 is 11.6 Å². The monoisotopic (exact) mass is 548 g/mol. The molecule has 3 aromatic rings. The van der Waals surface area contributed by atoms with E-state index in [0.717, 1.165) is 6.54 Å². The minimum absolute atomic E-state index is 0.0669. The Morgan fingerprint density at radius 2 is 1.36 bits per heavy atom. The van der Waals surface area contributed by atoms with Crippen molar-refractivity contribution in [3.8, 4) is 0 Å². The number of hydrazine groups is 1. The van der Waals surface area contributed by atoms with Crippen LogP contribution in [0.4, 0.5) is 0 Å². The molecule has 1 heterocycles. The first-order valence-corrected chi connectivity index (χ1v) is 14.4. The molecular formula is C24H25ClN4O5S2. The Labute approximate surface area is 215 Å². The summed E-state index contributed by atoms with van der Waals surface area (Å²) < 4.78 is 52.2. The largest absolute Gasteiger partial charge is 0.296 e. The first kappa shape index (κ1) is 26.3. The van der Waals surface area contributed by atoms with Crippen LogP contribution in [-0.4, -0.2) is 58.1 Å². The number of halogens is 1. The van der Waals surface area contributed by atoms with Gasteiger partial charge in [-0.1, -0.05) is 41.9 Å². The van der Waals surface area contributed by atoms with Crippen LogP contribution in [0.2, 0.25) is 5.02 Å². The van der Waals surface area contributed by atoms with Gasteiger partial charge in [0.1, 0.15) is 0 Å². The molecule has 1 aliphatic rings. The molecule has 9 nitrogen and oxygen atoms in total. The minimum Gasteiger partial charge on any atom is -0.296 e. The van der Waals surface area contributed by atoms with Gasteiger partial charge in [-0.3, -0.25) is 15.1 Å². The molecule has 0 radical (unpaired) electrons. The van der Waals surface area contributed by atoms with Crippen molar-refractivity contribution >= 4 is 37.6 Å². The summed E-state index contributed by atoms with van der Waals surface area (Å²) in [7, 11) is -7.72. The molecule has 0 bridgehead atoms. The third-order valence-corrected chi connectivity index (χ3v) is 9.19. The molecule has 1 amide bonds. The molecule has 1 saturated heterocycles. The van der Waals surface area contributed by atoms with Crippen LogP contribution in [0.1, 0.15) is 15.9 Å². The molecule has 1 aliphatic heterocycles. The lowest BCUT2D eigenvalue weighted by atomic mass is 10.2. The Bertz CT molecular complexity index is 1410. The number of rotatable bonds is 8. The van der Waals surface area contributed by atoms with E-state index < -0.39 is 26.0 Å². The van der Waals surface area contributed by atoms with Crippen LogP contribution in [-0.2, 0) is 26.6 Å². The van der Waals surface area contributed by atoms with Gasteiger partial charge in [-0.15, -0.1) is 4.83 Å². The van der Waals surface area contributed by atoms with Gasteiger partial charge in [0.25, 0.3) is 15.9 Å². The summed E-state index contributed by atoms with van der Waals surface area (Å²) in [5.41, 5.74) is 3.40. The van der Waals surface area contributed by atoms with Crippen molar-refractivity contribution in [2.45, 2.75) is 16.3 Å². The highest BCUT2D eigenvalue weighted by atomic mass is 35.5. The molecule has 0 aromatic heterocycles. The van der Waals surface area contributed by atoms with Crippen LogP contribution in [0.25, 0.3) is 0 Å². The molecule has 0 aliphatic carbocycles. The van der Waals surface area contributed by atoms with Crippen LogP contribution in [0.3, 0.4) is 0 Å². The van der Waals surface area contributed by atoms with E-state index in [-0.39, 0.29) is 15.4 Å². The van der Waals surface area contributed by atoms with Crippen molar-refractivity contribution in [2.75, 3.05) is 26.2 Å². The Morgan fingerprint density at radius 1 is 0.778 bits per heavy atom. The van der Waals surface area contributed by atoms with Crippen molar-refractivity contribution in [3.05, 3.63) is 95.0 Å². The Balaban J connectivity index is 1.34. The smallest absolute Gasteiger partial charge is 0.266 e. The van der Waals surface area contributed by atoms with Gasteiger partial charge >= 0.3 is 0 Å². The van der Waals surface area contributed by atoms with Gasteiger partial charge in [-0.25, -0.2) is 16.8 Å². The number of hydrogen-bond acceptors (Lipinski definition) is 6. The first-order valence-electron chi connectivity index (χ1n) is 11.1. The topological polar surface area (TPSA) is 116 Å². The van der Waals surface area contributed by atoms with Gasteiger partial charge in [0, 0.05) is 43.3 Å². The van der Waals surface area contributed by atoms with E-state index in [2.05, 4.69) is 10.3 Å². The zero-order valence-corrected chi connectivity index (χ0v) is 21.6. The molecule has 0 atom stereocenters. The van der Waals surface area contributed by atoms with Gasteiger partial charge in [0.15, 0.2) is 0 Å². The maximum atomic E-state index is 13.1. The third-order valence-electron chi connectivity index (χ3n) is 5.76. The molecular weight excluding hydrogens is 524 g/mol. The summed E-state index contributed by atoms with van der Waals surface area (Å²) in [5.74, 6) is -0.731. The fourth-order valence-corrected chi connectivity index (χ4v) is 6.14. The second-order valence-corrected chi connectivity index (χ2v) is 12.3. The highest BCUT2D eigenvalue weighted by molar-refractivity contribution is 7.89. The minimum atomic E-state index is -4.00. The number of carbonyl (C=O) groups is 1. The molecule has 0 unspecified atom stereocenters. The average Bonchev–Trinajstić information content (AvgIpc) is 2.88. The quantitative estimate of drug-likeness (QED) is 0.418. The Morgan fingerprint density at radius 3 is 1.97 bits per heavy atom. The van der Waals surface area contributed by atoms with E-state index in [4.69, 9.17) is 11.6 Å². The van der Waals surface area contributed by atoms with Crippen molar-refractivity contribution in [3.63, 3.8) is 0 Å². The van der Waals surface area contributed by atoms with E-state index in [1.807, 2.05) is 35.2 Å². The molecule has 0 saturated carbocycles. The summed E-state index contributed by atoms with van der Waals surface area (Å²) in [6, 6.07) is 20.8. The van der Waals surface area contributed by atoms with Crippen molar-refractivity contribution in [1.82, 2.24) is 19.5 Å². The second-order valence-electron chi connectivity index (χ2n) is 8.20. The lowest BCUT2D eigenvalue weighted by Crippen LogP contribution is -2.48. The zero-order chi connectivity index (χ0) is 25.8. The maximum absolute atomic E-state index is 13.1. The fourth-order valence-electron chi connectivity index (χ4n) is 3.76. The lowest BCUT2D eigenvalue weighted by molar-refractivity contribution is 0.0945. The van der Waals surface area contributed by atoms with Crippen LogP contribution in [0.15, 0.2) is 88.7 Å². The van der Waals surface area contributed by atoms with Crippen LogP contribution in [0, 0.1) is 0 Å². The van der Waals surface area contributed by atoms with Crippen molar-refractivity contribution < 1.29 is 21.6 Å². The fraction of sp³-hybridized carbons (Fsp3) is 0.208. The molecule has 36 heavy (non-hydrogen) atoms. The number of nitrogens with one attached hydrogen (secondary N) is 2. The second kappa shape index (κ2) is 11.1. The number of piperazine rings is 1. The number of hydrogen-bond donors (Lipinski definition) is 2. The van der Waals surface area contributed by atoms with E-state index >= 15 is 0 Å². The number of sulfonamides is 2. The molecule has 12 heteroatoms. The van der Waals surface area contributed by atoms with Gasteiger partial charge in [-0.2, -0.15) is 4.31 Å². The van der Waals surface area contributed by atoms with Crippen molar-refractivity contribution in [1.29, 1.82) is 0 Å². The molecule has 0 spiro atoms. The Kier molecular flexibility index (Phi) is 8.08. The van der Waals surface area contributed by atoms with Gasteiger partial charge in [-0.05, 0) is 54.1 Å². The molecule has 1 fully saturated rings. The molecule has 190 valence electrons. The normalized spacial score (nSPS) is 15.5. The highest BCUT2D eigenvalue weighted by Crippen LogP contribution is 2.19. The number of benzene rings is 3. The lowest BCUT2D eigenvalue weighted by Gasteiger charge is -2.34. The van der Waals surface area contributed by atoms with E-state index in [9.17, 15) is 21.6 Å². The summed E-state index contributed by atoms with van der Waals surface area (Å²) in [5, 5.41) is 0.377. The average molecular weight is 549 g/mol. The summed E-state index contributed by atoms with van der Waals surface area (Å²) in [6.07, 6.45) is 0. The van der Waals surface area contributed by atoms with Crippen LogP contribution in [0.5, 0.6) is 0 Å². The van der Waals surface area contributed by atoms with E-state index in [1.165, 1.54) is 58.4 Å². The predicted molar refractivity (Wildman–Crippen MR) is 136 cm³/mol. The van der Waals surface area contributed by atoms with E-state index in [1.54, 1.807) is 0 Å². The summed E-state index contributed by atoms with van der Waals surface area (Å²) >= 11 is 5.77. The number of nitrogens with zero attached hydrogens (tertiary/aromatic N) is 2. The Hall–Kier alpha value is -2.80. The summed E-state index contributed by atoms with van der Waals surface area (Å²) in [4.78, 5) is 16.6. The SMILES string of the molecule is O=C(NNS(=O)(=O)c1ccc(Cl)cc1)c1ccc(S(=O)(=O)N2CCN(Cc3ccccc3)CC2)cc1. The third kappa shape index (κ3) is 6.30. The van der Waals surface area contributed by atoms with Gasteiger partial charge < -0.3 is 0 Å². The number of carbonyl (C=O) groups excluding carboxylic acids is 1. The van der Waals surface area contributed by atoms with E-state index in [0.29, 0.717) is 31.2 Å². The first-order chi connectivity index (χ1) is 17.1. The summed E-state index contributed by atoms with van der Waals surface area (Å²) in [6.45, 7) is 2.72. The predicted octanol–water partition coefficient (Wildman–Crippen LogP) is 2.47.